The van der Waals surface area contributed by atoms with Crippen molar-refractivity contribution in [2.45, 2.75) is 50.2 Å². The molecule has 5 rings (SSSR count). The maximum Gasteiger partial charge on any atom is 0.232 e. The van der Waals surface area contributed by atoms with Gasteiger partial charge in [0.1, 0.15) is 12.1 Å². The van der Waals surface area contributed by atoms with E-state index >= 15 is 0 Å². The molecule has 0 spiro atoms. The van der Waals surface area contributed by atoms with Crippen molar-refractivity contribution in [3.63, 3.8) is 0 Å². The van der Waals surface area contributed by atoms with Gasteiger partial charge < -0.3 is 19.8 Å². The van der Waals surface area contributed by atoms with Gasteiger partial charge in [-0.2, -0.15) is 0 Å². The molecule has 9 heteroatoms. The van der Waals surface area contributed by atoms with E-state index in [2.05, 4.69) is 33.7 Å². The number of piperazine rings is 1. The van der Waals surface area contributed by atoms with Crippen LogP contribution < -0.4 is 4.90 Å². The third kappa shape index (κ3) is 3.91. The number of aliphatic hydroxyl groups excluding tert-OH is 1. The molecule has 2 aliphatic heterocycles. The van der Waals surface area contributed by atoms with E-state index in [1.54, 1.807) is 6.33 Å². The molecule has 4 atom stereocenters. The summed E-state index contributed by atoms with van der Waals surface area (Å²) in [5.41, 5.74) is 1.83. The smallest absolute Gasteiger partial charge is 0.232 e. The van der Waals surface area contributed by atoms with E-state index in [-0.39, 0.29) is 23.8 Å². The Hall–Kier alpha value is -1.74. The van der Waals surface area contributed by atoms with E-state index in [9.17, 15) is 9.90 Å². The maximum atomic E-state index is 13.8. The number of likely N-dealkylation sites (N-methyl/N-ethyl adjacent to an activating group) is 1. The summed E-state index contributed by atoms with van der Waals surface area (Å²) in [7, 11) is 2.12. The predicted octanol–water partition coefficient (Wildman–Crippen LogP) is 3.26. The number of thiophene rings is 1. The zero-order valence-electron chi connectivity index (χ0n) is 18.6. The minimum Gasteiger partial charge on any atom is -0.387 e. The van der Waals surface area contributed by atoms with Crippen molar-refractivity contribution in [2.75, 3.05) is 44.7 Å². The van der Waals surface area contributed by atoms with Gasteiger partial charge >= 0.3 is 0 Å². The van der Waals surface area contributed by atoms with E-state index < -0.39 is 6.10 Å². The van der Waals surface area contributed by atoms with E-state index in [1.807, 2.05) is 17.0 Å². The molecule has 3 aliphatic rings. The van der Waals surface area contributed by atoms with Crippen LogP contribution in [-0.2, 0) is 4.79 Å². The van der Waals surface area contributed by atoms with Crippen molar-refractivity contribution in [2.24, 2.45) is 0 Å². The number of halogens is 1. The first-order chi connectivity index (χ1) is 15.4. The van der Waals surface area contributed by atoms with Gasteiger partial charge in [-0.25, -0.2) is 9.97 Å². The Kier molecular flexibility index (Phi) is 6.13. The molecule has 0 radical (unpaired) electrons. The normalized spacial score (nSPS) is 27.1. The number of nitrogens with zero attached hydrogens (tertiary/aromatic N) is 5. The number of aliphatic hydroxyl groups is 1. The SMILES string of the molecule is C[C@@H]1C[C@@H](O)c2ncnc(N3CCN(C(=O)C(c4ccc(Cl)s4)C4CCCN4C)CC3)c21. The molecular weight excluding hydrogens is 446 g/mol. The highest BCUT2D eigenvalue weighted by atomic mass is 35.5. The van der Waals surface area contributed by atoms with E-state index in [1.165, 1.54) is 11.3 Å². The molecule has 1 aliphatic carbocycles. The van der Waals surface area contributed by atoms with E-state index in [0.29, 0.717) is 19.5 Å². The van der Waals surface area contributed by atoms with Crippen LogP contribution in [0.3, 0.4) is 0 Å². The van der Waals surface area contributed by atoms with Gasteiger partial charge in [0, 0.05) is 42.7 Å². The second kappa shape index (κ2) is 8.89. The van der Waals surface area contributed by atoms with Gasteiger partial charge in [0.15, 0.2) is 0 Å². The Labute approximate surface area is 198 Å². The number of aromatic nitrogens is 2. The summed E-state index contributed by atoms with van der Waals surface area (Å²) in [4.78, 5) is 30.3. The lowest BCUT2D eigenvalue weighted by Gasteiger charge is -2.39. The average Bonchev–Trinajstić information content (AvgIpc) is 3.49. The number of anilines is 1. The molecule has 2 aromatic rings. The number of likely N-dealkylation sites (tertiary alicyclic amines) is 1. The zero-order valence-corrected chi connectivity index (χ0v) is 20.1. The van der Waals surface area contributed by atoms with Gasteiger partial charge in [0.2, 0.25) is 5.91 Å². The lowest BCUT2D eigenvalue weighted by molar-refractivity contribution is -0.134. The van der Waals surface area contributed by atoms with Gasteiger partial charge in [0.25, 0.3) is 0 Å². The lowest BCUT2D eigenvalue weighted by atomic mass is 9.94. The lowest BCUT2D eigenvalue weighted by Crippen LogP contribution is -2.52. The highest BCUT2D eigenvalue weighted by Crippen LogP contribution is 2.43. The molecule has 7 nitrogen and oxygen atoms in total. The van der Waals surface area contributed by atoms with Crippen LogP contribution in [0.25, 0.3) is 0 Å². The standard InChI is InChI=1S/C23H30ClN5O2S/c1-14-12-16(30)21-19(14)22(26-13-25-21)28-8-10-29(11-9-28)23(31)20(15-4-3-7-27(15)2)17-5-6-18(24)32-17/h5-6,13-16,20,30H,3-4,7-12H2,1-2H3/t14-,15?,16-,20?/m1/s1. The van der Waals surface area contributed by atoms with Crippen LogP contribution in [0, 0.1) is 0 Å². The first-order valence-corrected chi connectivity index (χ1v) is 12.7. The first kappa shape index (κ1) is 22.1. The summed E-state index contributed by atoms with van der Waals surface area (Å²) in [5.74, 6) is 1.20. The molecule has 0 saturated carbocycles. The van der Waals surface area contributed by atoms with E-state index in [0.717, 1.165) is 58.8 Å². The summed E-state index contributed by atoms with van der Waals surface area (Å²) in [6.45, 7) is 5.95. The quantitative estimate of drug-likeness (QED) is 0.731. The van der Waals surface area contributed by atoms with Crippen LogP contribution in [0.1, 0.15) is 60.3 Å². The second-order valence-corrected chi connectivity index (χ2v) is 11.0. The number of hydrogen-bond acceptors (Lipinski definition) is 7. The van der Waals surface area contributed by atoms with Crippen molar-refractivity contribution < 1.29 is 9.90 Å². The van der Waals surface area contributed by atoms with Crippen LogP contribution in [0.5, 0.6) is 0 Å². The molecule has 2 saturated heterocycles. The summed E-state index contributed by atoms with van der Waals surface area (Å²) < 4.78 is 0.734. The highest BCUT2D eigenvalue weighted by Gasteiger charge is 2.40. The Morgan fingerprint density at radius 3 is 2.66 bits per heavy atom. The van der Waals surface area contributed by atoms with Gasteiger partial charge in [-0.05, 0) is 50.9 Å². The van der Waals surface area contributed by atoms with Crippen LogP contribution in [-0.4, -0.2) is 76.6 Å². The molecule has 172 valence electrons. The number of rotatable bonds is 4. The van der Waals surface area contributed by atoms with Gasteiger partial charge in [-0.1, -0.05) is 18.5 Å². The molecular formula is C23H30ClN5O2S. The molecule has 2 fully saturated rings. The third-order valence-corrected chi connectivity index (χ3v) is 8.61. The van der Waals surface area contributed by atoms with Gasteiger partial charge in [-0.3, -0.25) is 4.79 Å². The van der Waals surface area contributed by atoms with Crippen molar-refractivity contribution in [1.82, 2.24) is 19.8 Å². The molecule has 1 N–H and O–H groups in total. The fourth-order valence-corrected chi connectivity index (χ4v) is 6.83. The Bertz CT molecular complexity index is 993. The van der Waals surface area contributed by atoms with Crippen LogP contribution in [0.2, 0.25) is 4.34 Å². The topological polar surface area (TPSA) is 72.8 Å². The number of fused-ring (bicyclic) bond motifs is 1. The summed E-state index contributed by atoms with van der Waals surface area (Å²) >= 11 is 7.77. The minimum absolute atomic E-state index is 0.162. The van der Waals surface area contributed by atoms with E-state index in [4.69, 9.17) is 11.6 Å². The number of carbonyl (C=O) groups is 1. The first-order valence-electron chi connectivity index (χ1n) is 11.5. The largest absolute Gasteiger partial charge is 0.387 e. The summed E-state index contributed by atoms with van der Waals surface area (Å²) in [5, 5.41) is 10.3. The average molecular weight is 476 g/mol. The molecule has 32 heavy (non-hydrogen) atoms. The van der Waals surface area contributed by atoms with Crippen LogP contribution in [0.4, 0.5) is 5.82 Å². The molecule has 2 unspecified atom stereocenters. The summed E-state index contributed by atoms with van der Waals surface area (Å²) in [6, 6.07) is 4.15. The van der Waals surface area contributed by atoms with Crippen molar-refractivity contribution in [3.05, 3.63) is 38.9 Å². The maximum absolute atomic E-state index is 13.8. The fraction of sp³-hybridized carbons (Fsp3) is 0.609. The number of amides is 1. The Morgan fingerprint density at radius 2 is 2.00 bits per heavy atom. The highest BCUT2D eigenvalue weighted by molar-refractivity contribution is 7.16. The molecule has 0 bridgehead atoms. The second-order valence-electron chi connectivity index (χ2n) is 9.27. The van der Waals surface area contributed by atoms with Crippen LogP contribution >= 0.6 is 22.9 Å². The van der Waals surface area contributed by atoms with Crippen molar-refractivity contribution >= 4 is 34.7 Å². The van der Waals surface area contributed by atoms with Gasteiger partial charge in [-0.15, -0.1) is 11.3 Å². The Balaban J connectivity index is 1.33. The van der Waals surface area contributed by atoms with Crippen molar-refractivity contribution in [3.8, 4) is 0 Å². The van der Waals surface area contributed by atoms with Crippen molar-refractivity contribution in [1.29, 1.82) is 0 Å². The molecule has 1 amide bonds. The summed E-state index contributed by atoms with van der Waals surface area (Å²) in [6.07, 6.45) is 3.90. The molecule has 2 aromatic heterocycles. The zero-order chi connectivity index (χ0) is 22.4. The number of hydrogen-bond donors (Lipinski definition) is 1. The third-order valence-electron chi connectivity index (χ3n) is 7.30. The number of carbonyl (C=O) groups excluding carboxylic acids is 1. The van der Waals surface area contributed by atoms with Crippen LogP contribution in [0.15, 0.2) is 18.5 Å². The van der Waals surface area contributed by atoms with Gasteiger partial charge in [0.05, 0.1) is 22.1 Å². The molecule has 0 aromatic carbocycles. The molecule has 4 heterocycles. The Morgan fingerprint density at radius 1 is 1.22 bits per heavy atom. The monoisotopic (exact) mass is 475 g/mol. The fourth-order valence-electron chi connectivity index (χ4n) is 5.62. The predicted molar refractivity (Wildman–Crippen MR) is 127 cm³/mol. The minimum atomic E-state index is -0.508.